The van der Waals surface area contributed by atoms with Crippen molar-refractivity contribution in [3.63, 3.8) is 0 Å². The van der Waals surface area contributed by atoms with Crippen molar-refractivity contribution in [3.8, 4) is 11.5 Å². The smallest absolute Gasteiger partial charge is 0.258 e. The van der Waals surface area contributed by atoms with Gasteiger partial charge in [-0.15, -0.1) is 0 Å². The Morgan fingerprint density at radius 3 is 2.39 bits per heavy atom. The molecule has 5 nitrogen and oxygen atoms in total. The van der Waals surface area contributed by atoms with E-state index in [9.17, 15) is 4.79 Å². The van der Waals surface area contributed by atoms with Gasteiger partial charge in [0, 0.05) is 21.5 Å². The monoisotopic (exact) mass is 488 g/mol. The van der Waals surface area contributed by atoms with Gasteiger partial charge in [-0.2, -0.15) is 0 Å². The average Bonchev–Trinajstić information content (AvgIpc) is 2.73. The number of amides is 1. The van der Waals surface area contributed by atoms with Crippen LogP contribution >= 0.6 is 22.6 Å². The number of ether oxygens (including phenoxy) is 2. The van der Waals surface area contributed by atoms with Crippen molar-refractivity contribution in [1.29, 1.82) is 0 Å². The highest BCUT2D eigenvalue weighted by molar-refractivity contribution is 14.1. The summed E-state index contributed by atoms with van der Waals surface area (Å²) >= 11 is 2.22. The highest BCUT2D eigenvalue weighted by atomic mass is 127. The average molecular weight is 488 g/mol. The third-order valence-corrected chi connectivity index (χ3v) is 4.79. The lowest BCUT2D eigenvalue weighted by Gasteiger charge is -2.15. The molecule has 1 unspecified atom stereocenters. The number of pyridine rings is 1. The molecule has 1 amide bonds. The molecule has 0 radical (unpaired) electrons. The molecule has 6 heteroatoms. The van der Waals surface area contributed by atoms with E-state index < -0.39 is 0 Å². The number of carbonyl (C=O) groups is 1. The van der Waals surface area contributed by atoms with E-state index in [0.29, 0.717) is 12.4 Å². The first-order valence-electron chi connectivity index (χ1n) is 8.89. The second kappa shape index (κ2) is 10.1. The summed E-state index contributed by atoms with van der Waals surface area (Å²) in [5.74, 6) is 1.29. The summed E-state index contributed by atoms with van der Waals surface area (Å²) in [6.07, 6.45) is 3.52. The molecule has 0 bridgehead atoms. The molecule has 0 aliphatic heterocycles. The van der Waals surface area contributed by atoms with Crippen LogP contribution in [0.2, 0.25) is 0 Å². The van der Waals surface area contributed by atoms with Gasteiger partial charge in [0.05, 0.1) is 6.04 Å². The summed E-state index contributed by atoms with van der Waals surface area (Å²) in [7, 11) is 0. The molecule has 1 aromatic heterocycles. The third-order valence-electron chi connectivity index (χ3n) is 4.07. The van der Waals surface area contributed by atoms with Crippen LogP contribution in [0.5, 0.6) is 11.5 Å². The summed E-state index contributed by atoms with van der Waals surface area (Å²) in [6, 6.07) is 19.0. The number of aromatic nitrogens is 1. The Morgan fingerprint density at radius 2 is 1.71 bits per heavy atom. The van der Waals surface area contributed by atoms with Crippen molar-refractivity contribution < 1.29 is 14.3 Å². The maximum atomic E-state index is 12.1. The van der Waals surface area contributed by atoms with E-state index >= 15 is 0 Å². The molecule has 1 atom stereocenters. The minimum atomic E-state index is -0.164. The molecule has 0 spiro atoms. The maximum absolute atomic E-state index is 12.1. The highest BCUT2D eigenvalue weighted by Crippen LogP contribution is 2.19. The predicted molar refractivity (Wildman–Crippen MR) is 116 cm³/mol. The molecule has 144 valence electrons. The molecule has 1 heterocycles. The summed E-state index contributed by atoms with van der Waals surface area (Å²) < 4.78 is 12.4. The van der Waals surface area contributed by atoms with Gasteiger partial charge in [0.15, 0.2) is 6.61 Å². The lowest BCUT2D eigenvalue weighted by atomic mass is 10.1. The number of nitrogens with zero attached hydrogens (tertiary/aromatic N) is 1. The van der Waals surface area contributed by atoms with Crippen LogP contribution in [0, 0.1) is 3.57 Å². The van der Waals surface area contributed by atoms with Gasteiger partial charge >= 0.3 is 0 Å². The number of halogens is 1. The molecule has 0 saturated heterocycles. The topological polar surface area (TPSA) is 60.5 Å². The Morgan fingerprint density at radius 1 is 1.04 bits per heavy atom. The van der Waals surface area contributed by atoms with Crippen LogP contribution in [0.3, 0.4) is 0 Å². The highest BCUT2D eigenvalue weighted by Gasteiger charge is 2.10. The van der Waals surface area contributed by atoms with Gasteiger partial charge < -0.3 is 14.8 Å². The number of benzene rings is 2. The summed E-state index contributed by atoms with van der Waals surface area (Å²) in [5, 5.41) is 2.94. The van der Waals surface area contributed by atoms with Crippen LogP contribution < -0.4 is 14.8 Å². The van der Waals surface area contributed by atoms with E-state index in [-0.39, 0.29) is 18.6 Å². The normalized spacial score (nSPS) is 11.5. The number of rotatable bonds is 8. The largest absolute Gasteiger partial charge is 0.489 e. The first kappa shape index (κ1) is 20.1. The van der Waals surface area contributed by atoms with E-state index in [1.54, 1.807) is 12.4 Å². The number of nitrogens with one attached hydrogen (secondary N) is 1. The van der Waals surface area contributed by atoms with Crippen LogP contribution in [-0.2, 0) is 11.4 Å². The summed E-state index contributed by atoms with van der Waals surface area (Å²) in [4.78, 5) is 16.2. The molecule has 2 aromatic carbocycles. The van der Waals surface area contributed by atoms with Gasteiger partial charge in [-0.3, -0.25) is 9.78 Å². The second-order valence-electron chi connectivity index (χ2n) is 6.25. The molecule has 0 fully saturated rings. The third kappa shape index (κ3) is 6.23. The Kier molecular flexibility index (Phi) is 7.25. The van der Waals surface area contributed by atoms with Crippen LogP contribution in [-0.4, -0.2) is 17.5 Å². The molecule has 3 aromatic rings. The van der Waals surface area contributed by atoms with Gasteiger partial charge in [-0.05, 0) is 77.5 Å². The van der Waals surface area contributed by atoms with Crippen molar-refractivity contribution in [2.45, 2.75) is 19.6 Å². The number of hydrogen-bond acceptors (Lipinski definition) is 4. The zero-order chi connectivity index (χ0) is 19.8. The van der Waals surface area contributed by atoms with Crippen molar-refractivity contribution in [2.24, 2.45) is 0 Å². The van der Waals surface area contributed by atoms with Crippen LogP contribution in [0.15, 0.2) is 73.1 Å². The van der Waals surface area contributed by atoms with Gasteiger partial charge in [-0.1, -0.05) is 18.2 Å². The van der Waals surface area contributed by atoms with Crippen LogP contribution in [0.25, 0.3) is 0 Å². The zero-order valence-electron chi connectivity index (χ0n) is 15.5. The van der Waals surface area contributed by atoms with E-state index in [0.717, 1.165) is 20.4 Å². The van der Waals surface area contributed by atoms with Gasteiger partial charge in [0.1, 0.15) is 18.1 Å². The molecule has 28 heavy (non-hydrogen) atoms. The molecule has 1 N–H and O–H groups in total. The van der Waals surface area contributed by atoms with Crippen LogP contribution in [0.4, 0.5) is 0 Å². The van der Waals surface area contributed by atoms with E-state index in [2.05, 4.69) is 32.9 Å². The number of hydrogen-bond donors (Lipinski definition) is 1. The van der Waals surface area contributed by atoms with Crippen molar-refractivity contribution in [2.75, 3.05) is 6.61 Å². The fourth-order valence-electron chi connectivity index (χ4n) is 2.55. The fourth-order valence-corrected chi connectivity index (χ4v) is 2.91. The van der Waals surface area contributed by atoms with Gasteiger partial charge in [0.25, 0.3) is 5.91 Å². The van der Waals surface area contributed by atoms with Crippen molar-refractivity contribution in [3.05, 3.63) is 87.8 Å². The maximum Gasteiger partial charge on any atom is 0.258 e. The quantitative estimate of drug-likeness (QED) is 0.474. The molecule has 3 rings (SSSR count). The van der Waals surface area contributed by atoms with Gasteiger partial charge in [-0.25, -0.2) is 0 Å². The van der Waals surface area contributed by atoms with Gasteiger partial charge in [0.2, 0.25) is 0 Å². The summed E-state index contributed by atoms with van der Waals surface area (Å²) in [5.41, 5.74) is 2.01. The molecular weight excluding hydrogens is 467 g/mol. The molecule has 0 aliphatic rings. The Labute approximate surface area is 178 Å². The lowest BCUT2D eigenvalue weighted by Crippen LogP contribution is -2.31. The molecule has 0 aliphatic carbocycles. The Balaban J connectivity index is 1.46. The fraction of sp³-hybridized carbons (Fsp3) is 0.182. The van der Waals surface area contributed by atoms with Crippen molar-refractivity contribution >= 4 is 28.5 Å². The van der Waals surface area contributed by atoms with Crippen molar-refractivity contribution in [1.82, 2.24) is 10.3 Å². The first-order valence-corrected chi connectivity index (χ1v) is 9.97. The zero-order valence-corrected chi connectivity index (χ0v) is 17.6. The Hall–Kier alpha value is -2.61. The summed E-state index contributed by atoms with van der Waals surface area (Å²) in [6.45, 7) is 2.39. The van der Waals surface area contributed by atoms with Crippen LogP contribution in [0.1, 0.15) is 24.1 Å². The predicted octanol–water partition coefficient (Wildman–Crippen LogP) is 4.52. The minimum Gasteiger partial charge on any atom is -0.489 e. The van der Waals surface area contributed by atoms with E-state index in [1.807, 2.05) is 67.6 Å². The van der Waals surface area contributed by atoms with E-state index in [1.165, 1.54) is 0 Å². The standard InChI is InChI=1S/C22H21IN2O3/c1-16(25-22(26)15-28-21-10-6-19(23)7-11-21)18-4-8-20(9-5-18)27-14-17-3-2-12-24-13-17/h2-13,16H,14-15H2,1H3,(H,25,26). The lowest BCUT2D eigenvalue weighted by molar-refractivity contribution is -0.123. The molecule has 0 saturated carbocycles. The number of carbonyl (C=O) groups excluding carboxylic acids is 1. The minimum absolute atomic E-state index is 0.0166. The van der Waals surface area contributed by atoms with E-state index in [4.69, 9.17) is 9.47 Å². The molecular formula is C22H21IN2O3. The SMILES string of the molecule is CC(NC(=O)COc1ccc(I)cc1)c1ccc(OCc2cccnc2)cc1. The first-order chi connectivity index (χ1) is 13.6. The second-order valence-corrected chi connectivity index (χ2v) is 7.50. The Bertz CT molecular complexity index is 884.